The fourth-order valence-electron chi connectivity index (χ4n) is 3.38. The van der Waals surface area contributed by atoms with Crippen LogP contribution in [0.1, 0.15) is 42.1 Å². The van der Waals surface area contributed by atoms with Crippen LogP contribution in [0.25, 0.3) is 0 Å². The highest BCUT2D eigenvalue weighted by molar-refractivity contribution is 7.12. The van der Waals surface area contributed by atoms with E-state index in [1.54, 1.807) is 0 Å². The summed E-state index contributed by atoms with van der Waals surface area (Å²) < 4.78 is 6.00. The van der Waals surface area contributed by atoms with Gasteiger partial charge in [0.05, 0.1) is 12.2 Å². The van der Waals surface area contributed by atoms with E-state index in [1.807, 2.05) is 11.3 Å². The zero-order valence-electron chi connectivity index (χ0n) is 12.3. The molecule has 5 unspecified atom stereocenters. The molecular formula is C15H25NOS. The highest BCUT2D eigenvalue weighted by atomic mass is 32.1. The highest BCUT2D eigenvalue weighted by Crippen LogP contribution is 2.42. The lowest BCUT2D eigenvalue weighted by Crippen LogP contribution is -2.33. The number of nitrogens with one attached hydrogen (secondary N) is 1. The summed E-state index contributed by atoms with van der Waals surface area (Å²) >= 11 is 1.89. The molecule has 0 aromatic carbocycles. The van der Waals surface area contributed by atoms with E-state index in [9.17, 15) is 0 Å². The van der Waals surface area contributed by atoms with Gasteiger partial charge in [-0.15, -0.1) is 11.3 Å². The second-order valence-electron chi connectivity index (χ2n) is 5.62. The maximum Gasteiger partial charge on any atom is 0.0600 e. The average molecular weight is 267 g/mol. The molecule has 1 saturated heterocycles. The molecule has 0 saturated carbocycles. The van der Waals surface area contributed by atoms with E-state index in [1.165, 1.54) is 15.3 Å². The molecule has 3 heteroatoms. The minimum Gasteiger partial charge on any atom is -0.375 e. The van der Waals surface area contributed by atoms with E-state index in [0.717, 1.165) is 0 Å². The smallest absolute Gasteiger partial charge is 0.0600 e. The van der Waals surface area contributed by atoms with Gasteiger partial charge in [-0.05, 0) is 52.3 Å². The summed E-state index contributed by atoms with van der Waals surface area (Å²) in [6.07, 6.45) is 0.688. The second-order valence-corrected chi connectivity index (χ2v) is 7.08. The first-order valence-corrected chi connectivity index (χ1v) is 7.67. The van der Waals surface area contributed by atoms with Crippen molar-refractivity contribution in [2.75, 3.05) is 7.05 Å². The van der Waals surface area contributed by atoms with Gasteiger partial charge in [0.1, 0.15) is 0 Å². The summed E-state index contributed by atoms with van der Waals surface area (Å²) in [5.41, 5.74) is 1.46. The molecule has 0 radical (unpaired) electrons. The Morgan fingerprint density at radius 3 is 2.28 bits per heavy atom. The summed E-state index contributed by atoms with van der Waals surface area (Å²) in [4.78, 5) is 2.83. The third kappa shape index (κ3) is 2.36. The van der Waals surface area contributed by atoms with E-state index < -0.39 is 0 Å². The lowest BCUT2D eigenvalue weighted by atomic mass is 9.80. The van der Waals surface area contributed by atoms with Crippen LogP contribution in [0.3, 0.4) is 0 Å². The van der Waals surface area contributed by atoms with Gasteiger partial charge in [0.15, 0.2) is 0 Å². The number of aryl methyl sites for hydroxylation is 2. The van der Waals surface area contributed by atoms with Gasteiger partial charge in [-0.2, -0.15) is 0 Å². The number of hydrogen-bond donors (Lipinski definition) is 1. The zero-order chi connectivity index (χ0) is 13.4. The zero-order valence-corrected chi connectivity index (χ0v) is 13.1. The minimum atomic E-state index is 0.326. The van der Waals surface area contributed by atoms with Gasteiger partial charge in [-0.3, -0.25) is 0 Å². The third-order valence-electron chi connectivity index (χ3n) is 4.43. The Balaban J connectivity index is 2.31. The molecule has 5 atom stereocenters. The van der Waals surface area contributed by atoms with Gasteiger partial charge in [-0.1, -0.05) is 6.92 Å². The number of hydrogen-bond acceptors (Lipinski definition) is 3. The van der Waals surface area contributed by atoms with Gasteiger partial charge >= 0.3 is 0 Å². The average Bonchev–Trinajstić information content (AvgIpc) is 2.74. The van der Waals surface area contributed by atoms with Crippen LogP contribution in [0.5, 0.6) is 0 Å². The maximum atomic E-state index is 6.00. The van der Waals surface area contributed by atoms with Crippen LogP contribution in [0.15, 0.2) is 6.07 Å². The third-order valence-corrected chi connectivity index (χ3v) is 5.41. The van der Waals surface area contributed by atoms with Crippen molar-refractivity contribution >= 4 is 11.3 Å². The lowest BCUT2D eigenvalue weighted by molar-refractivity contribution is 0.0478. The maximum absolute atomic E-state index is 6.00. The Morgan fingerprint density at radius 2 is 1.89 bits per heavy atom. The molecule has 0 amide bonds. The van der Waals surface area contributed by atoms with Crippen LogP contribution >= 0.6 is 11.3 Å². The molecule has 1 fully saturated rings. The van der Waals surface area contributed by atoms with Crippen LogP contribution in [0, 0.1) is 25.7 Å². The first-order valence-electron chi connectivity index (χ1n) is 6.85. The molecule has 2 nitrogen and oxygen atoms in total. The van der Waals surface area contributed by atoms with Crippen molar-refractivity contribution < 1.29 is 4.74 Å². The summed E-state index contributed by atoms with van der Waals surface area (Å²) in [6.45, 7) is 11.1. The summed E-state index contributed by atoms with van der Waals surface area (Å²) in [6, 6.07) is 2.74. The molecule has 0 bridgehead atoms. The van der Waals surface area contributed by atoms with Crippen molar-refractivity contribution in [3.05, 3.63) is 21.4 Å². The van der Waals surface area contributed by atoms with Crippen molar-refractivity contribution in [1.29, 1.82) is 0 Å². The van der Waals surface area contributed by atoms with Crippen LogP contribution in [-0.4, -0.2) is 19.3 Å². The van der Waals surface area contributed by atoms with Crippen LogP contribution in [0.2, 0.25) is 0 Å². The molecule has 1 aromatic rings. The van der Waals surface area contributed by atoms with Gasteiger partial charge in [0.2, 0.25) is 0 Å². The topological polar surface area (TPSA) is 21.3 Å². The van der Waals surface area contributed by atoms with Crippen LogP contribution in [-0.2, 0) is 4.74 Å². The minimum absolute atomic E-state index is 0.326. The molecule has 102 valence electrons. The molecule has 18 heavy (non-hydrogen) atoms. The number of thiophene rings is 1. The Hall–Kier alpha value is -0.380. The molecule has 2 heterocycles. The van der Waals surface area contributed by atoms with E-state index >= 15 is 0 Å². The molecule has 0 spiro atoms. The largest absolute Gasteiger partial charge is 0.375 e. The number of ether oxygens (including phenoxy) is 1. The quantitative estimate of drug-likeness (QED) is 0.902. The van der Waals surface area contributed by atoms with Crippen LogP contribution < -0.4 is 5.32 Å². The van der Waals surface area contributed by atoms with Gasteiger partial charge in [0, 0.05) is 21.7 Å². The Bertz CT molecular complexity index is 415. The van der Waals surface area contributed by atoms with E-state index in [4.69, 9.17) is 4.74 Å². The molecule has 1 aromatic heterocycles. The van der Waals surface area contributed by atoms with E-state index in [2.05, 4.69) is 53.0 Å². The summed E-state index contributed by atoms with van der Waals surface area (Å²) in [7, 11) is 2.07. The Labute approximate surface area is 115 Å². The first-order chi connectivity index (χ1) is 8.45. The summed E-state index contributed by atoms with van der Waals surface area (Å²) in [5, 5.41) is 3.52. The van der Waals surface area contributed by atoms with Crippen molar-refractivity contribution in [3.63, 3.8) is 0 Å². The predicted octanol–water partition coefficient (Wildman–Crippen LogP) is 3.68. The first kappa shape index (κ1) is 14.0. The van der Waals surface area contributed by atoms with Gasteiger partial charge in [-0.25, -0.2) is 0 Å². The Kier molecular flexibility index (Phi) is 4.15. The fraction of sp³-hybridized carbons (Fsp3) is 0.733. The SMILES string of the molecule is CNC(c1cc(C)sc1C)C1C(C)OC(C)C1C. The molecular weight excluding hydrogens is 242 g/mol. The normalized spacial score (nSPS) is 33.9. The van der Waals surface area contributed by atoms with Crippen molar-refractivity contribution in [2.24, 2.45) is 11.8 Å². The van der Waals surface area contributed by atoms with E-state index in [-0.39, 0.29) is 0 Å². The fourth-order valence-corrected chi connectivity index (χ4v) is 4.36. The standard InChI is InChI=1S/C15H25NOS/c1-8-7-13(12(5)18-8)15(16-6)14-9(2)10(3)17-11(14)4/h7,9-11,14-16H,1-6H3. The molecule has 2 rings (SSSR count). The Morgan fingerprint density at radius 1 is 1.22 bits per heavy atom. The molecule has 0 aliphatic carbocycles. The predicted molar refractivity (Wildman–Crippen MR) is 78.3 cm³/mol. The van der Waals surface area contributed by atoms with Crippen molar-refractivity contribution in [1.82, 2.24) is 5.32 Å². The lowest BCUT2D eigenvalue weighted by Gasteiger charge is -2.29. The second kappa shape index (κ2) is 5.32. The number of rotatable bonds is 3. The van der Waals surface area contributed by atoms with Crippen molar-refractivity contribution in [2.45, 2.75) is 52.9 Å². The van der Waals surface area contributed by atoms with Crippen LogP contribution in [0.4, 0.5) is 0 Å². The molecule has 1 aliphatic heterocycles. The summed E-state index contributed by atoms with van der Waals surface area (Å²) in [5.74, 6) is 1.15. The van der Waals surface area contributed by atoms with E-state index in [0.29, 0.717) is 30.1 Å². The molecule has 1 aliphatic rings. The monoisotopic (exact) mass is 267 g/mol. The highest BCUT2D eigenvalue weighted by Gasteiger charge is 2.42. The van der Waals surface area contributed by atoms with Gasteiger partial charge in [0.25, 0.3) is 0 Å². The molecule has 1 N–H and O–H groups in total. The van der Waals surface area contributed by atoms with Gasteiger partial charge < -0.3 is 10.1 Å². The van der Waals surface area contributed by atoms with Crippen molar-refractivity contribution in [3.8, 4) is 0 Å².